The van der Waals surface area contributed by atoms with Crippen LogP contribution in [0.5, 0.6) is 0 Å². The van der Waals surface area contributed by atoms with Crippen molar-refractivity contribution in [1.82, 2.24) is 5.32 Å². The third-order valence-corrected chi connectivity index (χ3v) is 4.03. The van der Waals surface area contributed by atoms with Crippen LogP contribution in [-0.4, -0.2) is 18.3 Å². The Morgan fingerprint density at radius 3 is 2.61 bits per heavy atom. The second kappa shape index (κ2) is 8.60. The molecule has 0 saturated carbocycles. The van der Waals surface area contributed by atoms with Crippen molar-refractivity contribution >= 4 is 11.8 Å². The number of benzene rings is 1. The average molecular weight is 265 g/mol. The molecule has 0 amide bonds. The lowest BCUT2D eigenvalue weighted by atomic mass is 10.0. The van der Waals surface area contributed by atoms with Crippen molar-refractivity contribution in [3.63, 3.8) is 0 Å². The van der Waals surface area contributed by atoms with Crippen molar-refractivity contribution in [3.05, 3.63) is 29.8 Å². The SMILES string of the molecule is Cc1cccc(SCCNC(C)CCC(C)C)c1. The number of nitrogens with one attached hydrogen (secondary N) is 1. The summed E-state index contributed by atoms with van der Waals surface area (Å²) in [4.78, 5) is 1.38. The molecule has 0 heterocycles. The van der Waals surface area contributed by atoms with Gasteiger partial charge in [-0.15, -0.1) is 11.8 Å². The average Bonchev–Trinajstić information content (AvgIpc) is 2.32. The molecule has 1 nitrogen and oxygen atoms in total. The molecule has 1 atom stereocenters. The van der Waals surface area contributed by atoms with E-state index < -0.39 is 0 Å². The first kappa shape index (κ1) is 15.6. The molecule has 0 radical (unpaired) electrons. The van der Waals surface area contributed by atoms with Gasteiger partial charge in [-0.1, -0.05) is 31.5 Å². The van der Waals surface area contributed by atoms with Crippen molar-refractivity contribution in [3.8, 4) is 0 Å². The van der Waals surface area contributed by atoms with E-state index in [1.807, 2.05) is 11.8 Å². The molecule has 1 N–H and O–H groups in total. The first-order chi connectivity index (χ1) is 8.58. The number of hydrogen-bond donors (Lipinski definition) is 1. The Morgan fingerprint density at radius 1 is 1.17 bits per heavy atom. The van der Waals surface area contributed by atoms with Gasteiger partial charge in [0.2, 0.25) is 0 Å². The van der Waals surface area contributed by atoms with E-state index in [-0.39, 0.29) is 0 Å². The summed E-state index contributed by atoms with van der Waals surface area (Å²) >= 11 is 1.94. The Morgan fingerprint density at radius 2 is 1.94 bits per heavy atom. The van der Waals surface area contributed by atoms with Gasteiger partial charge in [0.05, 0.1) is 0 Å². The molecule has 0 spiro atoms. The Balaban J connectivity index is 2.11. The predicted octanol–water partition coefficient (Wildman–Crippen LogP) is 4.50. The molecule has 0 aliphatic carbocycles. The van der Waals surface area contributed by atoms with E-state index in [0.717, 1.165) is 18.2 Å². The van der Waals surface area contributed by atoms with Gasteiger partial charge in [0.25, 0.3) is 0 Å². The molecule has 1 rings (SSSR count). The molecule has 1 aromatic rings. The molecular formula is C16H27NS. The van der Waals surface area contributed by atoms with E-state index in [1.54, 1.807) is 0 Å². The van der Waals surface area contributed by atoms with Crippen LogP contribution in [-0.2, 0) is 0 Å². The molecule has 102 valence electrons. The van der Waals surface area contributed by atoms with Crippen LogP contribution in [0.25, 0.3) is 0 Å². The first-order valence-electron chi connectivity index (χ1n) is 7.00. The fraction of sp³-hybridized carbons (Fsp3) is 0.625. The van der Waals surface area contributed by atoms with Crippen LogP contribution in [0, 0.1) is 12.8 Å². The van der Waals surface area contributed by atoms with Crippen LogP contribution in [0.2, 0.25) is 0 Å². The summed E-state index contributed by atoms with van der Waals surface area (Å²) in [5.74, 6) is 1.96. The van der Waals surface area contributed by atoms with Crippen LogP contribution in [0.3, 0.4) is 0 Å². The van der Waals surface area contributed by atoms with Gasteiger partial charge in [-0.25, -0.2) is 0 Å². The van der Waals surface area contributed by atoms with Gasteiger partial charge in [0, 0.05) is 23.2 Å². The van der Waals surface area contributed by atoms with E-state index >= 15 is 0 Å². The van der Waals surface area contributed by atoms with Gasteiger partial charge in [0.1, 0.15) is 0 Å². The molecule has 0 saturated heterocycles. The lowest BCUT2D eigenvalue weighted by Crippen LogP contribution is -2.28. The summed E-state index contributed by atoms with van der Waals surface area (Å²) in [6, 6.07) is 9.38. The summed E-state index contributed by atoms with van der Waals surface area (Å²) in [7, 11) is 0. The van der Waals surface area contributed by atoms with Gasteiger partial charge >= 0.3 is 0 Å². The Labute approximate surface area is 117 Å². The minimum Gasteiger partial charge on any atom is -0.313 e. The number of rotatable bonds is 8. The molecule has 18 heavy (non-hydrogen) atoms. The standard InChI is InChI=1S/C16H27NS/c1-13(2)8-9-15(4)17-10-11-18-16-7-5-6-14(3)12-16/h5-7,12-13,15,17H,8-11H2,1-4H3. The highest BCUT2D eigenvalue weighted by Crippen LogP contribution is 2.18. The molecule has 0 aliphatic heterocycles. The molecule has 0 fully saturated rings. The van der Waals surface area contributed by atoms with Crippen molar-refractivity contribution < 1.29 is 0 Å². The van der Waals surface area contributed by atoms with Crippen LogP contribution in [0.1, 0.15) is 39.2 Å². The summed E-state index contributed by atoms with van der Waals surface area (Å²) < 4.78 is 0. The van der Waals surface area contributed by atoms with Gasteiger partial charge < -0.3 is 5.32 Å². The topological polar surface area (TPSA) is 12.0 Å². The van der Waals surface area contributed by atoms with Crippen LogP contribution >= 0.6 is 11.8 Å². The van der Waals surface area contributed by atoms with E-state index in [4.69, 9.17) is 0 Å². The van der Waals surface area contributed by atoms with E-state index in [9.17, 15) is 0 Å². The van der Waals surface area contributed by atoms with Crippen LogP contribution in [0.15, 0.2) is 29.2 Å². The number of aryl methyl sites for hydroxylation is 1. The van der Waals surface area contributed by atoms with Gasteiger partial charge in [0.15, 0.2) is 0 Å². The molecule has 1 aromatic carbocycles. The maximum absolute atomic E-state index is 3.60. The summed E-state index contributed by atoms with van der Waals surface area (Å²) in [6.45, 7) is 10.1. The molecular weight excluding hydrogens is 238 g/mol. The molecule has 1 unspecified atom stereocenters. The fourth-order valence-corrected chi connectivity index (χ4v) is 2.76. The highest BCUT2D eigenvalue weighted by molar-refractivity contribution is 7.99. The van der Waals surface area contributed by atoms with E-state index in [0.29, 0.717) is 6.04 Å². The third-order valence-electron chi connectivity index (χ3n) is 3.03. The van der Waals surface area contributed by atoms with Crippen molar-refractivity contribution in [2.24, 2.45) is 5.92 Å². The van der Waals surface area contributed by atoms with Crippen molar-refractivity contribution in [2.75, 3.05) is 12.3 Å². The Bertz CT molecular complexity index is 336. The maximum Gasteiger partial charge on any atom is 0.0106 e. The van der Waals surface area contributed by atoms with Gasteiger partial charge in [-0.05, 0) is 44.7 Å². The molecule has 2 heteroatoms. The summed E-state index contributed by atoms with van der Waals surface area (Å²) in [6.07, 6.45) is 2.60. The van der Waals surface area contributed by atoms with Crippen LogP contribution in [0.4, 0.5) is 0 Å². The largest absolute Gasteiger partial charge is 0.313 e. The first-order valence-corrected chi connectivity index (χ1v) is 7.99. The zero-order chi connectivity index (χ0) is 13.4. The normalized spacial score (nSPS) is 12.9. The minimum atomic E-state index is 0.644. The number of thioether (sulfide) groups is 1. The number of hydrogen-bond acceptors (Lipinski definition) is 2. The summed E-state index contributed by atoms with van der Waals surface area (Å²) in [5.41, 5.74) is 1.35. The lowest BCUT2D eigenvalue weighted by molar-refractivity contribution is 0.460. The zero-order valence-electron chi connectivity index (χ0n) is 12.2. The third kappa shape index (κ3) is 7.07. The Kier molecular flexibility index (Phi) is 7.45. The second-order valence-electron chi connectivity index (χ2n) is 5.49. The Hall–Kier alpha value is -0.470. The monoisotopic (exact) mass is 265 g/mol. The summed E-state index contributed by atoms with van der Waals surface area (Å²) in [5, 5.41) is 3.60. The highest BCUT2D eigenvalue weighted by Gasteiger charge is 2.02. The zero-order valence-corrected chi connectivity index (χ0v) is 13.0. The van der Waals surface area contributed by atoms with E-state index in [2.05, 4.69) is 57.3 Å². The van der Waals surface area contributed by atoms with Crippen LogP contribution < -0.4 is 5.32 Å². The van der Waals surface area contributed by atoms with E-state index in [1.165, 1.54) is 23.3 Å². The van der Waals surface area contributed by atoms with Gasteiger partial charge in [-0.3, -0.25) is 0 Å². The van der Waals surface area contributed by atoms with Crippen molar-refractivity contribution in [1.29, 1.82) is 0 Å². The second-order valence-corrected chi connectivity index (χ2v) is 6.66. The van der Waals surface area contributed by atoms with Gasteiger partial charge in [-0.2, -0.15) is 0 Å². The molecule has 0 aliphatic rings. The molecule has 0 aromatic heterocycles. The lowest BCUT2D eigenvalue weighted by Gasteiger charge is -2.14. The minimum absolute atomic E-state index is 0.644. The maximum atomic E-state index is 3.60. The fourth-order valence-electron chi connectivity index (χ4n) is 1.86. The molecule has 0 bridgehead atoms. The highest BCUT2D eigenvalue weighted by atomic mass is 32.2. The smallest absolute Gasteiger partial charge is 0.0106 e. The predicted molar refractivity (Wildman–Crippen MR) is 83.4 cm³/mol. The quantitative estimate of drug-likeness (QED) is 0.548. The van der Waals surface area contributed by atoms with Crippen molar-refractivity contribution in [2.45, 2.75) is 51.5 Å².